The van der Waals surface area contributed by atoms with Gasteiger partial charge in [0.1, 0.15) is 0 Å². The molecule has 14 rings (SSSR count). The fourth-order valence-corrected chi connectivity index (χ4v) is 12.4. The first-order valence-electron chi connectivity index (χ1n) is 20.8. The normalized spacial score (nSPS) is 22.8. The molecule has 4 saturated carbocycles. The van der Waals surface area contributed by atoms with Crippen LogP contribution >= 0.6 is 0 Å². The van der Waals surface area contributed by atoms with Crippen LogP contribution in [0.4, 0.5) is 0 Å². The predicted molar refractivity (Wildman–Crippen MR) is 231 cm³/mol. The second-order valence-corrected chi connectivity index (χ2v) is 17.2. The van der Waals surface area contributed by atoms with E-state index in [0.29, 0.717) is 23.5 Å². The summed E-state index contributed by atoms with van der Waals surface area (Å²) in [6, 6.07) is 57.5. The number of benzene rings is 7. The van der Waals surface area contributed by atoms with Crippen molar-refractivity contribution in [1.82, 2.24) is 19.5 Å². The van der Waals surface area contributed by atoms with Crippen LogP contribution in [0, 0.1) is 23.7 Å². The lowest BCUT2D eigenvalue weighted by molar-refractivity contribution is -0.0393. The zero-order valence-corrected chi connectivity index (χ0v) is 31.6. The third kappa shape index (κ3) is 4.47. The van der Waals surface area contributed by atoms with Crippen molar-refractivity contribution in [1.29, 1.82) is 0 Å². The molecular formula is C53H40N4. The predicted octanol–water partition coefficient (Wildman–Crippen LogP) is 12.8. The molecule has 4 heteroatoms. The van der Waals surface area contributed by atoms with E-state index in [4.69, 9.17) is 15.0 Å². The lowest BCUT2D eigenvalue weighted by Crippen LogP contribution is -2.55. The Morgan fingerprint density at radius 2 is 0.965 bits per heavy atom. The highest BCUT2D eigenvalue weighted by atomic mass is 15.0. The van der Waals surface area contributed by atoms with Gasteiger partial charge in [0.15, 0.2) is 17.5 Å². The molecule has 0 atom stereocenters. The third-order valence-electron chi connectivity index (χ3n) is 14.4. The summed E-state index contributed by atoms with van der Waals surface area (Å²) in [5, 5.41) is 5.32. The molecule has 7 aromatic carbocycles. The number of hydrogen-bond acceptors (Lipinski definition) is 3. The average Bonchev–Trinajstić information content (AvgIpc) is 3.76. The molecule has 0 amide bonds. The highest BCUT2D eigenvalue weighted by molar-refractivity contribution is 6.09. The van der Waals surface area contributed by atoms with Gasteiger partial charge < -0.3 is 4.57 Å². The van der Waals surface area contributed by atoms with Crippen LogP contribution in [-0.4, -0.2) is 19.5 Å². The van der Waals surface area contributed by atoms with E-state index in [0.717, 1.165) is 40.0 Å². The van der Waals surface area contributed by atoms with Gasteiger partial charge in [-0.2, -0.15) is 0 Å². The quantitative estimate of drug-likeness (QED) is 0.181. The molecule has 2 aromatic heterocycles. The molecule has 57 heavy (non-hydrogen) atoms. The molecule has 1 spiro atoms. The van der Waals surface area contributed by atoms with Gasteiger partial charge in [0.2, 0.25) is 0 Å². The zero-order valence-electron chi connectivity index (χ0n) is 31.6. The summed E-state index contributed by atoms with van der Waals surface area (Å²) in [7, 11) is 0. The Bertz CT molecular complexity index is 3000. The van der Waals surface area contributed by atoms with Gasteiger partial charge in [-0.3, -0.25) is 0 Å². The summed E-state index contributed by atoms with van der Waals surface area (Å²) < 4.78 is 2.36. The van der Waals surface area contributed by atoms with Gasteiger partial charge in [-0.05, 0) is 131 Å². The highest BCUT2D eigenvalue weighted by Crippen LogP contribution is 2.70. The zero-order chi connectivity index (χ0) is 37.2. The number of aromatic nitrogens is 4. The van der Waals surface area contributed by atoms with E-state index in [1.807, 2.05) is 6.07 Å². The molecule has 4 fully saturated rings. The molecule has 0 saturated heterocycles. The first-order valence-corrected chi connectivity index (χ1v) is 20.8. The van der Waals surface area contributed by atoms with E-state index in [1.165, 1.54) is 81.4 Å². The number of rotatable bonds is 4. The Balaban J connectivity index is 0.977. The maximum absolute atomic E-state index is 5.31. The summed E-state index contributed by atoms with van der Waals surface area (Å²) in [6.45, 7) is 0. The van der Waals surface area contributed by atoms with Gasteiger partial charge in [-0.25, -0.2) is 15.0 Å². The standard InChI is InChI=1S/C53H40N4/c1-2-11-35(12-3-1)50-54-51(36-18-22-40(23-19-36)57-47-16-8-6-14-43(47)44-15-7-9-17-48(44)57)56-52(55-50)37-21-24-42-45-25-20-34-10-4-5-13-41(34)49(45)53(46(42)31-37)38-27-32-26-33(29-38)30-39(53)28-32/h1-25,31-33,38-39H,26-30H2. The van der Waals surface area contributed by atoms with Gasteiger partial charge in [-0.15, -0.1) is 0 Å². The van der Waals surface area contributed by atoms with Gasteiger partial charge in [0, 0.05) is 38.6 Å². The SMILES string of the molecule is c1ccc(-c2nc(-c3ccc(-n4c5ccccc5c5ccccc54)cc3)nc(-c3ccc4c(c3)C3(c5c-4ccc4ccccc54)C4CC5CC(C4)CC3C5)n2)cc1. The first-order chi connectivity index (χ1) is 28.2. The van der Waals surface area contributed by atoms with Crippen LogP contribution in [0.25, 0.3) is 83.6 Å². The minimum atomic E-state index is 0.0235. The summed E-state index contributed by atoms with van der Waals surface area (Å²) in [5.41, 5.74) is 12.5. The number of para-hydroxylation sites is 2. The molecule has 0 unspecified atom stereocenters. The van der Waals surface area contributed by atoms with Crippen molar-refractivity contribution in [2.75, 3.05) is 0 Å². The maximum atomic E-state index is 5.31. The second kappa shape index (κ2) is 11.8. The number of fused-ring (bicyclic) bond motifs is 8. The largest absolute Gasteiger partial charge is 0.309 e. The van der Waals surface area contributed by atoms with Crippen LogP contribution < -0.4 is 0 Å². The van der Waals surface area contributed by atoms with E-state index in [1.54, 1.807) is 5.56 Å². The molecule has 0 aliphatic heterocycles. The molecule has 2 heterocycles. The summed E-state index contributed by atoms with van der Waals surface area (Å²) in [6.07, 6.45) is 6.82. The van der Waals surface area contributed by atoms with Gasteiger partial charge in [0.05, 0.1) is 11.0 Å². The van der Waals surface area contributed by atoms with E-state index in [9.17, 15) is 0 Å². The molecule has 0 N–H and O–H groups in total. The van der Waals surface area contributed by atoms with E-state index in [2.05, 4.69) is 156 Å². The summed E-state index contributed by atoms with van der Waals surface area (Å²) >= 11 is 0. The lowest BCUT2D eigenvalue weighted by Gasteiger charge is -2.61. The fraction of sp³-hybridized carbons (Fsp3) is 0.189. The van der Waals surface area contributed by atoms with Crippen LogP contribution in [0.1, 0.15) is 43.2 Å². The van der Waals surface area contributed by atoms with Crippen LogP contribution in [-0.2, 0) is 5.41 Å². The fourth-order valence-electron chi connectivity index (χ4n) is 12.4. The lowest BCUT2D eigenvalue weighted by atomic mass is 9.43. The van der Waals surface area contributed by atoms with Crippen molar-refractivity contribution in [3.05, 3.63) is 169 Å². The van der Waals surface area contributed by atoms with Crippen molar-refractivity contribution in [2.24, 2.45) is 23.7 Å². The third-order valence-corrected chi connectivity index (χ3v) is 14.4. The Hall–Kier alpha value is -6.39. The number of hydrogen-bond donors (Lipinski definition) is 0. The van der Waals surface area contributed by atoms with Crippen LogP contribution in [0.3, 0.4) is 0 Å². The molecule has 5 aliphatic rings. The second-order valence-electron chi connectivity index (χ2n) is 17.2. The first kappa shape index (κ1) is 31.8. The molecule has 5 aliphatic carbocycles. The van der Waals surface area contributed by atoms with Crippen molar-refractivity contribution in [2.45, 2.75) is 37.5 Å². The molecular weight excluding hydrogens is 693 g/mol. The smallest absolute Gasteiger partial charge is 0.164 e. The Morgan fingerprint density at radius 1 is 0.439 bits per heavy atom. The van der Waals surface area contributed by atoms with Gasteiger partial charge in [0.25, 0.3) is 0 Å². The number of nitrogens with zero attached hydrogens (tertiary/aromatic N) is 4. The highest BCUT2D eigenvalue weighted by Gasteiger charge is 2.62. The Morgan fingerprint density at radius 3 is 1.63 bits per heavy atom. The van der Waals surface area contributed by atoms with Gasteiger partial charge in [-0.1, -0.05) is 115 Å². The molecule has 9 aromatic rings. The summed E-state index contributed by atoms with van der Waals surface area (Å²) in [5.74, 6) is 5.20. The Kier molecular flexibility index (Phi) is 6.59. The minimum Gasteiger partial charge on any atom is -0.309 e. The van der Waals surface area contributed by atoms with E-state index < -0.39 is 0 Å². The van der Waals surface area contributed by atoms with Crippen molar-refractivity contribution >= 4 is 32.6 Å². The van der Waals surface area contributed by atoms with Crippen LogP contribution in [0.15, 0.2) is 158 Å². The molecule has 0 radical (unpaired) electrons. The van der Waals surface area contributed by atoms with Crippen molar-refractivity contribution in [3.63, 3.8) is 0 Å². The van der Waals surface area contributed by atoms with E-state index in [-0.39, 0.29) is 5.41 Å². The van der Waals surface area contributed by atoms with Crippen molar-refractivity contribution < 1.29 is 0 Å². The Labute approximate surface area is 331 Å². The van der Waals surface area contributed by atoms with Crippen LogP contribution in [0.2, 0.25) is 0 Å². The van der Waals surface area contributed by atoms with E-state index >= 15 is 0 Å². The average molecular weight is 733 g/mol. The maximum Gasteiger partial charge on any atom is 0.164 e. The molecule has 4 nitrogen and oxygen atoms in total. The summed E-state index contributed by atoms with van der Waals surface area (Å²) in [4.78, 5) is 15.7. The molecule has 4 bridgehead atoms. The molecule has 272 valence electrons. The van der Waals surface area contributed by atoms with Crippen molar-refractivity contribution in [3.8, 4) is 51.0 Å². The topological polar surface area (TPSA) is 43.6 Å². The van der Waals surface area contributed by atoms with Gasteiger partial charge >= 0.3 is 0 Å². The monoisotopic (exact) mass is 732 g/mol. The minimum absolute atomic E-state index is 0.0235. The van der Waals surface area contributed by atoms with Crippen LogP contribution in [0.5, 0.6) is 0 Å².